The maximum atomic E-state index is 12.1. The number of hydrogen-bond donors (Lipinski definition) is 1. The molecular formula is C16H30N2O3. The molecule has 0 aromatic rings. The molecule has 2 aliphatic rings. The number of hydrogen-bond acceptors (Lipinski definition) is 4. The second-order valence-electron chi connectivity index (χ2n) is 7.29. The van der Waals surface area contributed by atoms with Gasteiger partial charge in [-0.2, -0.15) is 0 Å². The summed E-state index contributed by atoms with van der Waals surface area (Å²) in [5.41, 5.74) is -0.415. The minimum absolute atomic E-state index is 0.175. The van der Waals surface area contributed by atoms with Gasteiger partial charge in [-0.1, -0.05) is 0 Å². The number of nitrogens with one attached hydrogen (secondary N) is 1. The molecule has 1 N–H and O–H groups in total. The van der Waals surface area contributed by atoms with E-state index >= 15 is 0 Å². The Balaban J connectivity index is 1.73. The molecule has 1 amide bonds. The van der Waals surface area contributed by atoms with Gasteiger partial charge in [0.25, 0.3) is 0 Å². The second kappa shape index (κ2) is 6.97. The summed E-state index contributed by atoms with van der Waals surface area (Å²) in [6, 6.07) is 1.10. The average Bonchev–Trinajstić information content (AvgIpc) is 2.56. The fourth-order valence-electron chi connectivity index (χ4n) is 3.00. The molecule has 1 aliphatic carbocycles. The van der Waals surface area contributed by atoms with Crippen molar-refractivity contribution in [2.75, 3.05) is 20.2 Å². The van der Waals surface area contributed by atoms with Crippen molar-refractivity contribution in [2.45, 2.75) is 76.7 Å². The zero-order valence-corrected chi connectivity index (χ0v) is 13.9. The minimum atomic E-state index is -0.415. The van der Waals surface area contributed by atoms with Crippen LogP contribution >= 0.6 is 0 Å². The first-order valence-electron chi connectivity index (χ1n) is 8.14. The molecule has 21 heavy (non-hydrogen) atoms. The Bertz CT molecular complexity index is 348. The van der Waals surface area contributed by atoms with Crippen LogP contribution in [0.4, 0.5) is 4.79 Å². The standard InChI is InChI=1S/C16H30N2O3/c1-16(2,3)21-15(19)18-8-5-6-12(7-9-18)17-13-10-14(11-13)20-4/h12-14,17H,5-11H2,1-4H3. The van der Waals surface area contributed by atoms with Gasteiger partial charge in [0.05, 0.1) is 6.10 Å². The van der Waals surface area contributed by atoms with E-state index in [1.807, 2.05) is 25.7 Å². The number of methoxy groups -OCH3 is 1. The summed E-state index contributed by atoms with van der Waals surface area (Å²) in [5.74, 6) is 0. The number of ether oxygens (including phenoxy) is 2. The number of carbonyl (C=O) groups is 1. The third kappa shape index (κ3) is 5.15. The smallest absolute Gasteiger partial charge is 0.410 e. The van der Waals surface area contributed by atoms with Crippen LogP contribution < -0.4 is 5.32 Å². The molecular weight excluding hydrogens is 268 g/mol. The number of likely N-dealkylation sites (tertiary alicyclic amines) is 1. The van der Waals surface area contributed by atoms with Gasteiger partial charge >= 0.3 is 6.09 Å². The van der Waals surface area contributed by atoms with E-state index in [0.717, 1.165) is 45.2 Å². The molecule has 1 saturated carbocycles. The van der Waals surface area contributed by atoms with Gasteiger partial charge in [0.2, 0.25) is 0 Å². The molecule has 0 radical (unpaired) electrons. The third-order valence-electron chi connectivity index (χ3n) is 4.28. The second-order valence-corrected chi connectivity index (χ2v) is 7.29. The van der Waals surface area contributed by atoms with E-state index in [9.17, 15) is 4.79 Å². The number of nitrogens with zero attached hydrogens (tertiary/aromatic N) is 1. The fraction of sp³-hybridized carbons (Fsp3) is 0.938. The zero-order valence-electron chi connectivity index (χ0n) is 13.9. The van der Waals surface area contributed by atoms with Gasteiger partial charge in [0.15, 0.2) is 0 Å². The van der Waals surface area contributed by atoms with E-state index in [4.69, 9.17) is 9.47 Å². The van der Waals surface area contributed by atoms with Crippen molar-refractivity contribution < 1.29 is 14.3 Å². The van der Waals surface area contributed by atoms with Gasteiger partial charge in [-0.15, -0.1) is 0 Å². The Morgan fingerprint density at radius 2 is 1.86 bits per heavy atom. The van der Waals surface area contributed by atoms with Gasteiger partial charge in [-0.3, -0.25) is 0 Å². The van der Waals surface area contributed by atoms with E-state index in [0.29, 0.717) is 18.2 Å². The van der Waals surface area contributed by atoms with Crippen molar-refractivity contribution in [3.8, 4) is 0 Å². The Morgan fingerprint density at radius 1 is 1.14 bits per heavy atom. The molecule has 1 heterocycles. The Kier molecular flexibility index (Phi) is 5.49. The van der Waals surface area contributed by atoms with E-state index in [1.165, 1.54) is 0 Å². The summed E-state index contributed by atoms with van der Waals surface area (Å²) in [4.78, 5) is 14.0. The molecule has 5 heteroatoms. The molecule has 0 aromatic heterocycles. The Labute approximate surface area is 128 Å². The molecule has 1 saturated heterocycles. The van der Waals surface area contributed by atoms with Crippen molar-refractivity contribution in [2.24, 2.45) is 0 Å². The first kappa shape index (κ1) is 16.6. The van der Waals surface area contributed by atoms with Crippen molar-refractivity contribution in [1.29, 1.82) is 0 Å². The molecule has 1 atom stereocenters. The van der Waals surface area contributed by atoms with Crippen LogP contribution in [0.5, 0.6) is 0 Å². The quantitative estimate of drug-likeness (QED) is 0.870. The zero-order chi connectivity index (χ0) is 15.5. The van der Waals surface area contributed by atoms with Gasteiger partial charge in [0.1, 0.15) is 5.60 Å². The monoisotopic (exact) mass is 298 g/mol. The summed E-state index contributed by atoms with van der Waals surface area (Å²) in [6.07, 6.45) is 5.67. The molecule has 2 rings (SSSR count). The largest absolute Gasteiger partial charge is 0.444 e. The normalized spacial score (nSPS) is 30.5. The maximum absolute atomic E-state index is 12.1. The number of carbonyl (C=O) groups excluding carboxylic acids is 1. The van der Waals surface area contributed by atoms with Crippen molar-refractivity contribution in [1.82, 2.24) is 10.2 Å². The molecule has 0 bridgehead atoms. The van der Waals surface area contributed by atoms with Crippen molar-refractivity contribution in [3.63, 3.8) is 0 Å². The topological polar surface area (TPSA) is 50.8 Å². The third-order valence-corrected chi connectivity index (χ3v) is 4.28. The summed E-state index contributed by atoms with van der Waals surface area (Å²) in [5, 5.41) is 3.71. The SMILES string of the molecule is COC1CC(NC2CCCN(C(=O)OC(C)(C)C)CC2)C1. The lowest BCUT2D eigenvalue weighted by Crippen LogP contribution is -2.49. The molecule has 2 fully saturated rings. The number of amides is 1. The summed E-state index contributed by atoms with van der Waals surface area (Å²) in [7, 11) is 1.78. The lowest BCUT2D eigenvalue weighted by atomic mass is 9.88. The highest BCUT2D eigenvalue weighted by molar-refractivity contribution is 5.68. The van der Waals surface area contributed by atoms with E-state index in [2.05, 4.69) is 5.32 Å². The summed E-state index contributed by atoms with van der Waals surface area (Å²) >= 11 is 0. The lowest BCUT2D eigenvalue weighted by molar-refractivity contribution is 0.0135. The van der Waals surface area contributed by atoms with Gasteiger partial charge < -0.3 is 19.7 Å². The highest BCUT2D eigenvalue weighted by Gasteiger charge is 2.31. The van der Waals surface area contributed by atoms with Crippen LogP contribution in [0.25, 0.3) is 0 Å². The predicted octanol–water partition coefficient (Wildman–Crippen LogP) is 2.54. The number of rotatable bonds is 3. The molecule has 1 aliphatic heterocycles. The Morgan fingerprint density at radius 3 is 2.48 bits per heavy atom. The van der Waals surface area contributed by atoms with Crippen LogP contribution in [-0.4, -0.2) is 55.0 Å². The van der Waals surface area contributed by atoms with Crippen LogP contribution in [0.3, 0.4) is 0 Å². The van der Waals surface area contributed by atoms with E-state index in [1.54, 1.807) is 7.11 Å². The van der Waals surface area contributed by atoms with Crippen molar-refractivity contribution in [3.05, 3.63) is 0 Å². The van der Waals surface area contributed by atoms with Gasteiger partial charge in [-0.05, 0) is 52.9 Å². The predicted molar refractivity (Wildman–Crippen MR) is 82.4 cm³/mol. The molecule has 0 aromatic carbocycles. The summed E-state index contributed by atoms with van der Waals surface area (Å²) < 4.78 is 10.8. The van der Waals surface area contributed by atoms with Crippen LogP contribution in [0.1, 0.15) is 52.9 Å². The first-order chi connectivity index (χ1) is 9.87. The van der Waals surface area contributed by atoms with Crippen LogP contribution in [0.2, 0.25) is 0 Å². The maximum Gasteiger partial charge on any atom is 0.410 e. The molecule has 5 nitrogen and oxygen atoms in total. The highest BCUT2D eigenvalue weighted by Crippen LogP contribution is 2.24. The van der Waals surface area contributed by atoms with Crippen molar-refractivity contribution >= 4 is 6.09 Å². The lowest BCUT2D eigenvalue weighted by Gasteiger charge is -2.37. The average molecular weight is 298 g/mol. The minimum Gasteiger partial charge on any atom is -0.444 e. The molecule has 1 unspecified atom stereocenters. The molecule has 0 spiro atoms. The van der Waals surface area contributed by atoms with E-state index < -0.39 is 5.60 Å². The van der Waals surface area contributed by atoms with Gasteiger partial charge in [-0.25, -0.2) is 4.79 Å². The van der Waals surface area contributed by atoms with Gasteiger partial charge in [0, 0.05) is 32.3 Å². The molecule has 122 valence electrons. The van der Waals surface area contributed by atoms with E-state index in [-0.39, 0.29) is 6.09 Å². The van der Waals surface area contributed by atoms with Crippen LogP contribution in [0, 0.1) is 0 Å². The first-order valence-corrected chi connectivity index (χ1v) is 8.14. The van der Waals surface area contributed by atoms with Crippen LogP contribution in [-0.2, 0) is 9.47 Å². The summed E-state index contributed by atoms with van der Waals surface area (Å²) in [6.45, 7) is 7.33. The highest BCUT2D eigenvalue weighted by atomic mass is 16.6. The fourth-order valence-corrected chi connectivity index (χ4v) is 3.00. The van der Waals surface area contributed by atoms with Crippen LogP contribution in [0.15, 0.2) is 0 Å². The Hall–Kier alpha value is -0.810.